The van der Waals surface area contributed by atoms with Gasteiger partial charge in [0.1, 0.15) is 6.04 Å². The smallest absolute Gasteiger partial charge is 0.318 e. The van der Waals surface area contributed by atoms with Gasteiger partial charge in [-0.3, -0.25) is 4.79 Å². The Kier molecular flexibility index (Phi) is 12.3. The lowest BCUT2D eigenvalue weighted by Crippen LogP contribution is -2.56. The normalized spacial score (nSPS) is 17.8. The molecule has 0 unspecified atom stereocenters. The van der Waals surface area contributed by atoms with Gasteiger partial charge in [-0.2, -0.15) is 0 Å². The summed E-state index contributed by atoms with van der Waals surface area (Å²) in [5.41, 5.74) is 1.10. The Hall–Kier alpha value is -3.47. The van der Waals surface area contributed by atoms with Gasteiger partial charge in [-0.25, -0.2) is 17.9 Å². The number of nitrogens with one attached hydrogen (secondary N) is 3. The fourth-order valence-electron chi connectivity index (χ4n) is 6.80. The summed E-state index contributed by atoms with van der Waals surface area (Å²) in [6.07, 6.45) is 7.39. The van der Waals surface area contributed by atoms with Gasteiger partial charge in [0.05, 0.1) is 4.90 Å². The second kappa shape index (κ2) is 16.6. The zero-order valence-electron chi connectivity index (χ0n) is 27.9. The van der Waals surface area contributed by atoms with E-state index < -0.39 is 22.1 Å². The molecule has 10 heteroatoms. The number of amides is 3. The lowest BCUT2D eigenvalue weighted by Gasteiger charge is -2.40. The molecule has 0 bridgehead atoms. The number of hydrogen-bond acceptors (Lipinski definition) is 5. The predicted molar refractivity (Wildman–Crippen MR) is 188 cm³/mol. The van der Waals surface area contributed by atoms with Gasteiger partial charge in [-0.15, -0.1) is 0 Å². The van der Waals surface area contributed by atoms with Crippen LogP contribution in [-0.2, 0) is 21.2 Å². The third-order valence-electron chi connectivity index (χ3n) is 9.50. The minimum atomic E-state index is -3.83. The lowest BCUT2D eigenvalue weighted by molar-refractivity contribution is -0.124. The molecule has 3 aromatic carbocycles. The van der Waals surface area contributed by atoms with Crippen molar-refractivity contribution in [1.29, 1.82) is 0 Å². The first-order valence-corrected chi connectivity index (χ1v) is 18.8. The maximum Gasteiger partial charge on any atom is 0.318 e. The predicted octanol–water partition coefficient (Wildman–Crippen LogP) is 5.31. The van der Waals surface area contributed by atoms with Crippen LogP contribution in [0.5, 0.6) is 0 Å². The summed E-state index contributed by atoms with van der Waals surface area (Å²) >= 11 is 0. The van der Waals surface area contributed by atoms with E-state index in [0.29, 0.717) is 38.4 Å². The summed E-state index contributed by atoms with van der Waals surface area (Å²) in [6, 6.07) is 21.7. The van der Waals surface area contributed by atoms with Crippen molar-refractivity contribution in [1.82, 2.24) is 25.2 Å². The third kappa shape index (κ3) is 10.0. The number of carbonyl (C=O) groups is 2. The molecule has 2 saturated heterocycles. The number of aryl methyl sites for hydroxylation is 1. The van der Waals surface area contributed by atoms with Crippen molar-refractivity contribution in [3.63, 3.8) is 0 Å². The SMILES string of the molecule is CC(C)C[C@H](NC(=O)N1CCC(N2CCCCC2)CC1)C(=O)N[C@@H](CCc1ccccc1)CNS(=O)(=O)c1ccc2ccccc2c1. The van der Waals surface area contributed by atoms with Crippen molar-refractivity contribution in [2.75, 3.05) is 32.7 Å². The van der Waals surface area contributed by atoms with Gasteiger partial charge in [0.2, 0.25) is 15.9 Å². The van der Waals surface area contributed by atoms with Gasteiger partial charge in [0.15, 0.2) is 0 Å². The van der Waals surface area contributed by atoms with Crippen LogP contribution in [0.3, 0.4) is 0 Å². The zero-order valence-corrected chi connectivity index (χ0v) is 28.7. The van der Waals surface area contributed by atoms with Crippen LogP contribution in [0, 0.1) is 5.92 Å². The molecular formula is C37H51N5O4S. The highest BCUT2D eigenvalue weighted by atomic mass is 32.2. The van der Waals surface area contributed by atoms with Crippen molar-refractivity contribution in [3.05, 3.63) is 78.4 Å². The van der Waals surface area contributed by atoms with Crippen molar-refractivity contribution >= 4 is 32.7 Å². The molecule has 2 atom stereocenters. The first-order valence-electron chi connectivity index (χ1n) is 17.3. The Labute approximate surface area is 280 Å². The van der Waals surface area contributed by atoms with E-state index in [-0.39, 0.29) is 29.3 Å². The van der Waals surface area contributed by atoms with Crippen LogP contribution in [-0.4, -0.2) is 81.0 Å². The maximum absolute atomic E-state index is 13.8. The average Bonchev–Trinajstić information content (AvgIpc) is 3.09. The minimum absolute atomic E-state index is 0.0279. The largest absolute Gasteiger partial charge is 0.350 e. The van der Waals surface area contributed by atoms with Crippen molar-refractivity contribution < 1.29 is 18.0 Å². The minimum Gasteiger partial charge on any atom is -0.350 e. The van der Waals surface area contributed by atoms with E-state index in [1.165, 1.54) is 19.3 Å². The van der Waals surface area contributed by atoms with Crippen LogP contribution in [0.2, 0.25) is 0 Å². The number of nitrogens with zero attached hydrogens (tertiary/aromatic N) is 2. The Morgan fingerprint density at radius 3 is 2.21 bits per heavy atom. The highest BCUT2D eigenvalue weighted by molar-refractivity contribution is 7.89. The molecule has 0 aliphatic carbocycles. The van der Waals surface area contributed by atoms with E-state index in [1.54, 1.807) is 18.2 Å². The van der Waals surface area contributed by atoms with Gasteiger partial charge in [-0.1, -0.05) is 80.9 Å². The van der Waals surface area contributed by atoms with E-state index in [0.717, 1.165) is 42.3 Å². The number of carbonyl (C=O) groups excluding carboxylic acids is 2. The highest BCUT2D eigenvalue weighted by Crippen LogP contribution is 2.22. The van der Waals surface area contributed by atoms with Crippen LogP contribution in [0.1, 0.15) is 64.4 Å². The van der Waals surface area contributed by atoms with Gasteiger partial charge in [-0.05, 0) is 92.4 Å². The van der Waals surface area contributed by atoms with Crippen LogP contribution >= 0.6 is 0 Å². The molecule has 0 spiro atoms. The fraction of sp³-hybridized carbons (Fsp3) is 0.514. The summed E-state index contributed by atoms with van der Waals surface area (Å²) in [7, 11) is -3.83. The third-order valence-corrected chi connectivity index (χ3v) is 10.9. The molecule has 0 aromatic heterocycles. The van der Waals surface area contributed by atoms with Gasteiger partial charge < -0.3 is 20.4 Å². The Balaban J connectivity index is 1.23. The molecule has 0 radical (unpaired) electrons. The van der Waals surface area contributed by atoms with Crippen LogP contribution in [0.15, 0.2) is 77.7 Å². The highest BCUT2D eigenvalue weighted by Gasteiger charge is 2.31. The van der Waals surface area contributed by atoms with E-state index in [1.807, 2.05) is 73.3 Å². The molecule has 2 heterocycles. The molecule has 2 aliphatic heterocycles. The van der Waals surface area contributed by atoms with E-state index in [9.17, 15) is 18.0 Å². The second-order valence-electron chi connectivity index (χ2n) is 13.5. The number of likely N-dealkylation sites (tertiary alicyclic amines) is 2. The molecule has 2 aliphatic rings. The van der Waals surface area contributed by atoms with Gasteiger partial charge >= 0.3 is 6.03 Å². The van der Waals surface area contributed by atoms with Gasteiger partial charge in [0.25, 0.3) is 0 Å². The standard InChI is InChI=1S/C37H51N5O4S/c1-28(2)25-35(40-37(44)42-23-19-33(20-24-42)41-21-9-4-10-22-41)36(43)39-32(17-15-29-11-5-3-6-12-29)27-38-47(45,46)34-18-16-30-13-7-8-14-31(30)26-34/h3,5-8,11-14,16,18,26,28,32-33,35,38H,4,9-10,15,17,19-25,27H2,1-2H3,(H,39,43)(H,40,44)/t32-,35-/m0/s1. The van der Waals surface area contributed by atoms with Crippen LogP contribution in [0.4, 0.5) is 4.79 Å². The fourth-order valence-corrected chi connectivity index (χ4v) is 7.92. The van der Waals surface area contributed by atoms with E-state index in [4.69, 9.17) is 0 Å². The number of urea groups is 1. The summed E-state index contributed by atoms with van der Waals surface area (Å²) in [4.78, 5) is 31.8. The molecule has 47 heavy (non-hydrogen) atoms. The molecule has 3 N–H and O–H groups in total. The zero-order chi connectivity index (χ0) is 33.2. The number of hydrogen-bond donors (Lipinski definition) is 3. The number of rotatable bonds is 13. The van der Waals surface area contributed by atoms with Crippen LogP contribution < -0.4 is 15.4 Å². The summed E-state index contributed by atoms with van der Waals surface area (Å²) in [6.45, 7) is 7.75. The van der Waals surface area contributed by atoms with E-state index in [2.05, 4.69) is 20.3 Å². The first kappa shape index (κ1) is 34.9. The molecule has 3 aromatic rings. The summed E-state index contributed by atoms with van der Waals surface area (Å²) < 4.78 is 29.5. The first-order chi connectivity index (χ1) is 22.7. The number of fused-ring (bicyclic) bond motifs is 1. The molecular weight excluding hydrogens is 611 g/mol. The molecule has 0 saturated carbocycles. The average molecular weight is 662 g/mol. The molecule has 5 rings (SSSR count). The van der Waals surface area contributed by atoms with Gasteiger partial charge in [0, 0.05) is 31.7 Å². The Bertz CT molecular complexity index is 1570. The molecule has 254 valence electrons. The maximum atomic E-state index is 13.8. The Morgan fingerprint density at radius 1 is 0.830 bits per heavy atom. The number of piperidine rings is 2. The lowest BCUT2D eigenvalue weighted by atomic mass is 10.00. The number of sulfonamides is 1. The molecule has 2 fully saturated rings. The Morgan fingerprint density at radius 2 is 1.51 bits per heavy atom. The monoisotopic (exact) mass is 661 g/mol. The molecule has 3 amide bonds. The van der Waals surface area contributed by atoms with E-state index >= 15 is 0 Å². The van der Waals surface area contributed by atoms with Crippen molar-refractivity contribution in [2.24, 2.45) is 5.92 Å². The quantitative estimate of drug-likeness (QED) is 0.230. The second-order valence-corrected chi connectivity index (χ2v) is 15.3. The molecule has 9 nitrogen and oxygen atoms in total. The summed E-state index contributed by atoms with van der Waals surface area (Å²) in [5, 5.41) is 7.93. The number of benzene rings is 3. The topological polar surface area (TPSA) is 111 Å². The van der Waals surface area contributed by atoms with Crippen molar-refractivity contribution in [2.45, 2.75) is 88.2 Å². The van der Waals surface area contributed by atoms with Crippen molar-refractivity contribution in [3.8, 4) is 0 Å². The van der Waals surface area contributed by atoms with Crippen LogP contribution in [0.25, 0.3) is 10.8 Å². The summed E-state index contributed by atoms with van der Waals surface area (Å²) in [5.74, 6) is -0.122.